The van der Waals surface area contributed by atoms with Crippen LogP contribution in [0.15, 0.2) is 34.9 Å². The third kappa shape index (κ3) is 6.66. The summed E-state index contributed by atoms with van der Waals surface area (Å²) in [5, 5.41) is 13.1. The van der Waals surface area contributed by atoms with Crippen LogP contribution in [-0.2, 0) is 4.79 Å². The van der Waals surface area contributed by atoms with Gasteiger partial charge in [0.25, 0.3) is 0 Å². The molecule has 1 unspecified atom stereocenters. The van der Waals surface area contributed by atoms with Crippen molar-refractivity contribution >= 4 is 17.5 Å². The highest BCUT2D eigenvalue weighted by Gasteiger charge is 2.25. The molecule has 2 aliphatic rings. The number of nitrogens with zero attached hydrogens (tertiary/aromatic N) is 4. The first-order chi connectivity index (χ1) is 17.4. The standard InChI is InChI=1S/C28H40N4O4/c1-20(2)26-29-28(36-30-26)32-16-13-21(14-17-32)19-35-25-11-9-23(10-12-25)22-5-7-24(8-6-22)27(34)31(3)15-4-18-33/h5,9-12,20-21,24,33H,4,6-8,13-19H2,1-3H3. The summed E-state index contributed by atoms with van der Waals surface area (Å²) in [6.45, 7) is 7.38. The molecule has 1 aromatic heterocycles. The Morgan fingerprint density at radius 3 is 2.58 bits per heavy atom. The predicted octanol–water partition coefficient (Wildman–Crippen LogP) is 4.51. The number of aromatic nitrogens is 2. The van der Waals surface area contributed by atoms with Crippen LogP contribution in [0.25, 0.3) is 5.57 Å². The van der Waals surface area contributed by atoms with E-state index >= 15 is 0 Å². The van der Waals surface area contributed by atoms with Crippen molar-refractivity contribution in [3.63, 3.8) is 0 Å². The van der Waals surface area contributed by atoms with E-state index in [-0.39, 0.29) is 24.3 Å². The normalized spacial score (nSPS) is 18.9. The Labute approximate surface area is 214 Å². The summed E-state index contributed by atoms with van der Waals surface area (Å²) >= 11 is 0. The molecule has 1 aliphatic carbocycles. The molecule has 1 atom stereocenters. The minimum Gasteiger partial charge on any atom is -0.493 e. The van der Waals surface area contributed by atoms with Gasteiger partial charge in [0.15, 0.2) is 5.82 Å². The molecular formula is C28H40N4O4. The minimum atomic E-state index is 0.0450. The summed E-state index contributed by atoms with van der Waals surface area (Å²) < 4.78 is 11.5. The van der Waals surface area contributed by atoms with Crippen molar-refractivity contribution in [3.8, 4) is 5.75 Å². The van der Waals surface area contributed by atoms with Crippen LogP contribution >= 0.6 is 0 Å². The number of rotatable bonds is 10. The molecule has 1 N–H and O–H groups in total. The summed E-state index contributed by atoms with van der Waals surface area (Å²) in [4.78, 5) is 21.0. The van der Waals surface area contributed by atoms with Gasteiger partial charge in [0.05, 0.1) is 6.61 Å². The van der Waals surface area contributed by atoms with Crippen LogP contribution in [-0.4, -0.2) is 65.9 Å². The Balaban J connectivity index is 1.21. The van der Waals surface area contributed by atoms with Gasteiger partial charge in [-0.2, -0.15) is 4.98 Å². The summed E-state index contributed by atoms with van der Waals surface area (Å²) in [5.41, 5.74) is 2.51. The van der Waals surface area contributed by atoms with Gasteiger partial charge in [-0.3, -0.25) is 4.79 Å². The molecule has 0 saturated carbocycles. The number of ether oxygens (including phenoxy) is 1. The lowest BCUT2D eigenvalue weighted by Crippen LogP contribution is -2.35. The Bertz CT molecular complexity index is 1010. The molecule has 2 heterocycles. The number of hydrogen-bond acceptors (Lipinski definition) is 7. The predicted molar refractivity (Wildman–Crippen MR) is 140 cm³/mol. The summed E-state index contributed by atoms with van der Waals surface area (Å²) in [7, 11) is 1.83. The number of hydrogen-bond donors (Lipinski definition) is 1. The maximum Gasteiger partial charge on any atom is 0.324 e. The molecule has 1 saturated heterocycles. The fourth-order valence-corrected chi connectivity index (χ4v) is 4.91. The van der Waals surface area contributed by atoms with Crippen LogP contribution in [0.4, 0.5) is 6.01 Å². The quantitative estimate of drug-likeness (QED) is 0.517. The molecule has 1 aliphatic heterocycles. The van der Waals surface area contributed by atoms with E-state index in [1.807, 2.05) is 7.05 Å². The maximum absolute atomic E-state index is 12.6. The average Bonchev–Trinajstić information content (AvgIpc) is 3.42. The van der Waals surface area contributed by atoms with Crippen molar-refractivity contribution in [1.82, 2.24) is 15.0 Å². The van der Waals surface area contributed by atoms with Crippen LogP contribution < -0.4 is 9.64 Å². The summed E-state index contributed by atoms with van der Waals surface area (Å²) in [6.07, 6.45) is 7.47. The first kappa shape index (κ1) is 26.2. The van der Waals surface area contributed by atoms with Gasteiger partial charge in [-0.25, -0.2) is 0 Å². The van der Waals surface area contributed by atoms with Crippen LogP contribution in [0.3, 0.4) is 0 Å². The zero-order valence-corrected chi connectivity index (χ0v) is 21.9. The molecular weight excluding hydrogens is 456 g/mol. The Hall–Kier alpha value is -2.87. The molecule has 196 valence electrons. The van der Waals surface area contributed by atoms with Gasteiger partial charge in [-0.05, 0) is 67.7 Å². The SMILES string of the molecule is CC(C)c1noc(N2CCC(COc3ccc(C4=CCC(C(=O)N(C)CCCO)CC4)cc3)CC2)n1. The number of benzene rings is 1. The van der Waals surface area contributed by atoms with Gasteiger partial charge in [-0.15, -0.1) is 0 Å². The van der Waals surface area contributed by atoms with Crippen LogP contribution in [0, 0.1) is 11.8 Å². The third-order valence-corrected chi connectivity index (χ3v) is 7.33. The lowest BCUT2D eigenvalue weighted by atomic mass is 9.86. The molecule has 1 amide bonds. The first-order valence-electron chi connectivity index (χ1n) is 13.3. The van der Waals surface area contributed by atoms with Gasteiger partial charge in [0, 0.05) is 45.1 Å². The van der Waals surface area contributed by atoms with Crippen LogP contribution in [0.2, 0.25) is 0 Å². The van der Waals surface area contributed by atoms with Crippen LogP contribution in [0.5, 0.6) is 5.75 Å². The van der Waals surface area contributed by atoms with Gasteiger partial charge >= 0.3 is 6.01 Å². The van der Waals surface area contributed by atoms with Crippen molar-refractivity contribution in [3.05, 3.63) is 41.7 Å². The van der Waals surface area contributed by atoms with Gasteiger partial charge < -0.3 is 24.2 Å². The van der Waals surface area contributed by atoms with E-state index in [1.54, 1.807) is 4.90 Å². The van der Waals surface area contributed by atoms with E-state index < -0.39 is 0 Å². The Morgan fingerprint density at radius 1 is 1.22 bits per heavy atom. The largest absolute Gasteiger partial charge is 0.493 e. The van der Waals surface area contributed by atoms with Crippen molar-refractivity contribution in [2.24, 2.45) is 11.8 Å². The first-order valence-corrected chi connectivity index (χ1v) is 13.3. The number of anilines is 1. The molecule has 8 nitrogen and oxygen atoms in total. The molecule has 0 bridgehead atoms. The molecule has 8 heteroatoms. The van der Waals surface area contributed by atoms with E-state index in [1.165, 1.54) is 11.1 Å². The summed E-state index contributed by atoms with van der Waals surface area (Å²) in [5.74, 6) is 2.67. The molecule has 4 rings (SSSR count). The fraction of sp³-hybridized carbons (Fsp3) is 0.607. The third-order valence-electron chi connectivity index (χ3n) is 7.33. The maximum atomic E-state index is 12.6. The second kappa shape index (κ2) is 12.4. The van der Waals surface area contributed by atoms with Gasteiger partial charge in [0.2, 0.25) is 5.91 Å². The highest BCUT2D eigenvalue weighted by atomic mass is 16.5. The highest BCUT2D eigenvalue weighted by molar-refractivity contribution is 5.80. The lowest BCUT2D eigenvalue weighted by Gasteiger charge is -2.30. The van der Waals surface area contributed by atoms with Crippen molar-refractivity contribution in [1.29, 1.82) is 0 Å². The summed E-state index contributed by atoms with van der Waals surface area (Å²) in [6, 6.07) is 8.99. The number of carbonyl (C=O) groups excluding carboxylic acids is 1. The minimum absolute atomic E-state index is 0.0450. The number of amides is 1. The monoisotopic (exact) mass is 496 g/mol. The zero-order chi connectivity index (χ0) is 25.5. The lowest BCUT2D eigenvalue weighted by molar-refractivity contribution is -0.134. The van der Waals surface area contributed by atoms with Gasteiger partial charge in [0.1, 0.15) is 5.75 Å². The Morgan fingerprint density at radius 2 is 1.97 bits per heavy atom. The van der Waals surface area contributed by atoms with Crippen molar-refractivity contribution in [2.75, 3.05) is 44.8 Å². The molecule has 0 spiro atoms. The number of aliphatic hydroxyl groups is 1. The Kier molecular flexibility index (Phi) is 9.02. The topological polar surface area (TPSA) is 91.9 Å². The van der Waals surface area contributed by atoms with E-state index in [0.717, 1.165) is 56.8 Å². The van der Waals surface area contributed by atoms with E-state index in [2.05, 4.69) is 59.2 Å². The number of allylic oxidation sites excluding steroid dienone is 2. The molecule has 0 radical (unpaired) electrons. The number of piperidine rings is 1. The van der Waals surface area contributed by atoms with Crippen molar-refractivity contribution in [2.45, 2.75) is 58.3 Å². The van der Waals surface area contributed by atoms with Gasteiger partial charge in [-0.1, -0.05) is 37.2 Å². The number of carbonyl (C=O) groups is 1. The van der Waals surface area contributed by atoms with Crippen LogP contribution in [0.1, 0.15) is 69.7 Å². The highest BCUT2D eigenvalue weighted by Crippen LogP contribution is 2.32. The van der Waals surface area contributed by atoms with E-state index in [0.29, 0.717) is 31.5 Å². The second-order valence-electron chi connectivity index (χ2n) is 10.4. The van der Waals surface area contributed by atoms with E-state index in [4.69, 9.17) is 14.4 Å². The molecule has 1 fully saturated rings. The molecule has 36 heavy (non-hydrogen) atoms. The van der Waals surface area contributed by atoms with Crippen molar-refractivity contribution < 1.29 is 19.2 Å². The van der Waals surface area contributed by atoms with E-state index in [9.17, 15) is 4.79 Å². The second-order valence-corrected chi connectivity index (χ2v) is 10.4. The molecule has 2 aromatic rings. The zero-order valence-electron chi connectivity index (χ0n) is 21.9. The molecule has 1 aromatic carbocycles. The average molecular weight is 497 g/mol. The fourth-order valence-electron chi connectivity index (χ4n) is 4.91. The number of aliphatic hydroxyl groups excluding tert-OH is 1. The smallest absolute Gasteiger partial charge is 0.324 e.